The minimum Gasteiger partial charge on any atom is -0.438 e. The lowest BCUT2D eigenvalue weighted by Crippen LogP contribution is -2.28. The van der Waals surface area contributed by atoms with Crippen molar-refractivity contribution in [3.63, 3.8) is 0 Å². The standard InChI is InChI=1S/C55H42N2O/c1-54(2)45-23-9-7-21-40(45)43-33-48-44(32-46(43)54)41-26-25-38(31-47(41)55(48)27-11-4-12-28-55)36-18-13-17-35(29-36)37-19-14-20-39(30-37)52-56-51(34-15-5-3-6-16-34)50-42-22-8-10-24-49(42)58-53(50)57-52/h3,5-10,13-26,29-33H,4,11-12,27-28H2,1-2H3. The summed E-state index contributed by atoms with van der Waals surface area (Å²) in [6.45, 7) is 4.80. The predicted molar refractivity (Wildman–Crippen MR) is 238 cm³/mol. The Hall–Kier alpha value is -6.58. The van der Waals surface area contributed by atoms with Crippen LogP contribution in [-0.2, 0) is 10.8 Å². The maximum absolute atomic E-state index is 6.34. The highest BCUT2D eigenvalue weighted by Gasteiger charge is 2.46. The molecule has 1 saturated carbocycles. The van der Waals surface area contributed by atoms with Crippen molar-refractivity contribution < 1.29 is 4.42 Å². The van der Waals surface area contributed by atoms with Crippen LogP contribution in [0.2, 0.25) is 0 Å². The van der Waals surface area contributed by atoms with E-state index in [4.69, 9.17) is 14.4 Å². The van der Waals surface area contributed by atoms with Crippen molar-refractivity contribution in [3.8, 4) is 67.2 Å². The smallest absolute Gasteiger partial charge is 0.231 e. The van der Waals surface area contributed by atoms with Gasteiger partial charge in [0.1, 0.15) is 5.58 Å². The Morgan fingerprint density at radius 3 is 1.86 bits per heavy atom. The fraction of sp³-hybridized carbons (Fsp3) is 0.164. The summed E-state index contributed by atoms with van der Waals surface area (Å²) in [5.74, 6) is 0.650. The van der Waals surface area contributed by atoms with Crippen LogP contribution in [-0.4, -0.2) is 9.97 Å². The van der Waals surface area contributed by atoms with E-state index in [0.717, 1.165) is 38.7 Å². The molecule has 3 aliphatic carbocycles. The molecule has 12 rings (SSSR count). The molecular weight excluding hydrogens is 705 g/mol. The summed E-state index contributed by atoms with van der Waals surface area (Å²) < 4.78 is 6.34. The zero-order valence-electron chi connectivity index (χ0n) is 32.8. The fourth-order valence-electron chi connectivity index (χ4n) is 10.8. The highest BCUT2D eigenvalue weighted by Crippen LogP contribution is 2.60. The van der Waals surface area contributed by atoms with E-state index in [2.05, 4.69) is 147 Å². The highest BCUT2D eigenvalue weighted by atomic mass is 16.3. The molecule has 0 amide bonds. The fourth-order valence-corrected chi connectivity index (χ4v) is 10.8. The molecule has 7 aromatic carbocycles. The molecule has 0 aliphatic heterocycles. The third kappa shape index (κ3) is 4.86. The average Bonchev–Trinajstić information content (AvgIpc) is 3.86. The summed E-state index contributed by atoms with van der Waals surface area (Å²) >= 11 is 0. The molecule has 0 atom stereocenters. The number of nitrogens with zero attached hydrogens (tertiary/aromatic N) is 2. The van der Waals surface area contributed by atoms with Crippen LogP contribution in [0.3, 0.4) is 0 Å². The Bertz CT molecular complexity index is 3130. The van der Waals surface area contributed by atoms with Gasteiger partial charge in [-0.1, -0.05) is 154 Å². The van der Waals surface area contributed by atoms with Gasteiger partial charge in [0.05, 0.1) is 11.1 Å². The lowest BCUT2D eigenvalue weighted by Gasteiger charge is -2.36. The molecule has 278 valence electrons. The Morgan fingerprint density at radius 1 is 0.448 bits per heavy atom. The van der Waals surface area contributed by atoms with E-state index in [9.17, 15) is 0 Å². The van der Waals surface area contributed by atoms with Gasteiger partial charge in [0, 0.05) is 27.3 Å². The van der Waals surface area contributed by atoms with E-state index in [1.165, 1.54) is 87.7 Å². The molecule has 9 aromatic rings. The van der Waals surface area contributed by atoms with Crippen molar-refractivity contribution in [3.05, 3.63) is 180 Å². The van der Waals surface area contributed by atoms with Crippen molar-refractivity contribution in [2.45, 2.75) is 56.8 Å². The molecule has 2 aromatic heterocycles. The molecule has 3 aliphatic rings. The topological polar surface area (TPSA) is 38.9 Å². The maximum Gasteiger partial charge on any atom is 0.231 e. The monoisotopic (exact) mass is 746 g/mol. The van der Waals surface area contributed by atoms with Crippen LogP contribution in [0.4, 0.5) is 0 Å². The second-order valence-electron chi connectivity index (χ2n) is 17.2. The first-order chi connectivity index (χ1) is 28.5. The van der Waals surface area contributed by atoms with Crippen molar-refractivity contribution in [2.24, 2.45) is 0 Å². The average molecular weight is 747 g/mol. The quantitative estimate of drug-likeness (QED) is 0.180. The van der Waals surface area contributed by atoms with Crippen LogP contribution in [0.5, 0.6) is 0 Å². The molecular formula is C55H42N2O. The Morgan fingerprint density at radius 2 is 1.05 bits per heavy atom. The summed E-state index contributed by atoms with van der Waals surface area (Å²) in [6, 6.07) is 57.7. The number of hydrogen-bond donors (Lipinski definition) is 0. The van der Waals surface area contributed by atoms with Gasteiger partial charge in [-0.2, -0.15) is 4.98 Å². The van der Waals surface area contributed by atoms with E-state index in [1.54, 1.807) is 5.56 Å². The Kier molecular flexibility index (Phi) is 7.21. The highest BCUT2D eigenvalue weighted by molar-refractivity contribution is 6.10. The van der Waals surface area contributed by atoms with Crippen LogP contribution in [0.25, 0.3) is 89.2 Å². The summed E-state index contributed by atoms with van der Waals surface area (Å²) in [7, 11) is 0. The van der Waals surface area contributed by atoms with E-state index >= 15 is 0 Å². The first-order valence-electron chi connectivity index (χ1n) is 20.9. The van der Waals surface area contributed by atoms with Gasteiger partial charge >= 0.3 is 0 Å². The maximum atomic E-state index is 6.34. The van der Waals surface area contributed by atoms with Crippen molar-refractivity contribution in [2.75, 3.05) is 0 Å². The van der Waals surface area contributed by atoms with Crippen LogP contribution >= 0.6 is 0 Å². The number of rotatable bonds is 4. The van der Waals surface area contributed by atoms with Crippen molar-refractivity contribution in [1.82, 2.24) is 9.97 Å². The number of para-hydroxylation sites is 1. The summed E-state index contributed by atoms with van der Waals surface area (Å²) in [5, 5.41) is 1.97. The Labute approximate surface area is 339 Å². The first kappa shape index (κ1) is 33.5. The molecule has 0 bridgehead atoms. The normalized spacial score (nSPS) is 15.7. The number of benzene rings is 7. The van der Waals surface area contributed by atoms with Crippen LogP contribution in [0.1, 0.15) is 68.2 Å². The molecule has 1 fully saturated rings. The third-order valence-corrected chi connectivity index (χ3v) is 13.7. The van der Waals surface area contributed by atoms with Gasteiger partial charge in [-0.05, 0) is 116 Å². The van der Waals surface area contributed by atoms with E-state index in [1.807, 2.05) is 24.3 Å². The van der Waals surface area contributed by atoms with Gasteiger partial charge in [-0.3, -0.25) is 0 Å². The third-order valence-electron chi connectivity index (χ3n) is 13.7. The number of aromatic nitrogens is 2. The molecule has 0 saturated heterocycles. The minimum absolute atomic E-state index is 0.0163. The molecule has 0 N–H and O–H groups in total. The van der Waals surface area contributed by atoms with Gasteiger partial charge in [0.2, 0.25) is 5.71 Å². The van der Waals surface area contributed by atoms with Gasteiger partial charge < -0.3 is 4.42 Å². The molecule has 0 unspecified atom stereocenters. The second-order valence-corrected chi connectivity index (χ2v) is 17.2. The van der Waals surface area contributed by atoms with E-state index < -0.39 is 0 Å². The largest absolute Gasteiger partial charge is 0.438 e. The molecule has 3 nitrogen and oxygen atoms in total. The van der Waals surface area contributed by atoms with Gasteiger partial charge in [-0.25, -0.2) is 4.98 Å². The molecule has 2 heterocycles. The lowest BCUT2D eigenvalue weighted by molar-refractivity contribution is 0.353. The van der Waals surface area contributed by atoms with Gasteiger partial charge in [0.15, 0.2) is 5.82 Å². The van der Waals surface area contributed by atoms with Crippen molar-refractivity contribution in [1.29, 1.82) is 0 Å². The first-order valence-corrected chi connectivity index (χ1v) is 20.9. The SMILES string of the molecule is CC1(C)c2ccccc2-c2cc3c(cc21)-c1ccc(-c2cccc(-c4cccc(-c5nc(-c6ccccc6)c6c(n5)oc5ccccc56)c4)c2)cc1C31CCCCC1. The molecule has 0 radical (unpaired) electrons. The molecule has 1 spiro atoms. The minimum atomic E-state index is -0.0163. The zero-order valence-corrected chi connectivity index (χ0v) is 32.8. The molecule has 3 heteroatoms. The molecule has 58 heavy (non-hydrogen) atoms. The Balaban J connectivity index is 0.943. The van der Waals surface area contributed by atoms with Crippen LogP contribution in [0.15, 0.2) is 162 Å². The number of hydrogen-bond acceptors (Lipinski definition) is 3. The summed E-state index contributed by atoms with van der Waals surface area (Å²) in [6.07, 6.45) is 6.28. The second kappa shape index (κ2) is 12.5. The van der Waals surface area contributed by atoms with E-state index in [0.29, 0.717) is 11.5 Å². The summed E-state index contributed by atoms with van der Waals surface area (Å²) in [4.78, 5) is 10.2. The van der Waals surface area contributed by atoms with Gasteiger partial charge in [-0.15, -0.1) is 0 Å². The predicted octanol–water partition coefficient (Wildman–Crippen LogP) is 14.6. The van der Waals surface area contributed by atoms with Crippen molar-refractivity contribution >= 4 is 22.1 Å². The van der Waals surface area contributed by atoms with Crippen LogP contribution < -0.4 is 0 Å². The lowest BCUT2D eigenvalue weighted by atomic mass is 9.67. The number of fused-ring (bicyclic) bond motifs is 11. The van der Waals surface area contributed by atoms with Gasteiger partial charge in [0.25, 0.3) is 0 Å². The number of furan rings is 1. The zero-order chi connectivity index (χ0) is 38.6. The van der Waals surface area contributed by atoms with E-state index in [-0.39, 0.29) is 10.8 Å². The summed E-state index contributed by atoms with van der Waals surface area (Å²) in [5.41, 5.74) is 20.8. The van der Waals surface area contributed by atoms with Crippen LogP contribution in [0, 0.1) is 0 Å².